The van der Waals surface area contributed by atoms with Crippen molar-refractivity contribution in [2.45, 2.75) is 71.5 Å². The summed E-state index contributed by atoms with van der Waals surface area (Å²) >= 11 is 6.42. The molecule has 0 aliphatic carbocycles. The summed E-state index contributed by atoms with van der Waals surface area (Å²) in [4.78, 5) is 49.5. The summed E-state index contributed by atoms with van der Waals surface area (Å²) in [5.74, 6) is -2.26. The monoisotopic (exact) mass is 447 g/mol. The van der Waals surface area contributed by atoms with E-state index < -0.39 is 30.1 Å². The van der Waals surface area contributed by atoms with E-state index in [1.54, 1.807) is 11.8 Å². The lowest BCUT2D eigenvalue weighted by atomic mass is 10.1. The topological polar surface area (TPSA) is 99.2 Å². The summed E-state index contributed by atoms with van der Waals surface area (Å²) in [6.07, 6.45) is -0.519. The van der Waals surface area contributed by atoms with Gasteiger partial charge in [-0.15, -0.1) is 0 Å². The van der Waals surface area contributed by atoms with Crippen LogP contribution in [0.3, 0.4) is 0 Å². The molecule has 1 aliphatic heterocycles. The van der Waals surface area contributed by atoms with Crippen LogP contribution in [0.4, 0.5) is 0 Å². The Labute approximate surface area is 181 Å². The van der Waals surface area contributed by atoms with Crippen molar-refractivity contribution in [3.63, 3.8) is 0 Å². The standard InChI is InChI=1S/C19H29NO7S2/c1-6-25-19(28)29-16(20-9-7-8-15(20)22)10-11(2)17(23)27-14(5)18(24)26-13(4)12(3)21/h11,13-14,16H,6-10H2,1-5H3. The molecule has 1 heterocycles. The molecule has 0 aromatic rings. The first-order valence-corrected chi connectivity index (χ1v) is 10.9. The number of ether oxygens (including phenoxy) is 3. The number of esters is 2. The molecule has 1 saturated heterocycles. The first-order valence-electron chi connectivity index (χ1n) is 9.61. The summed E-state index contributed by atoms with van der Waals surface area (Å²) < 4.78 is 15.8. The molecule has 4 atom stereocenters. The fourth-order valence-corrected chi connectivity index (χ4v) is 4.16. The van der Waals surface area contributed by atoms with E-state index in [1.807, 2.05) is 6.92 Å². The van der Waals surface area contributed by atoms with E-state index in [0.717, 1.165) is 6.42 Å². The van der Waals surface area contributed by atoms with E-state index in [-0.39, 0.29) is 17.1 Å². The van der Waals surface area contributed by atoms with Crippen molar-refractivity contribution < 1.29 is 33.4 Å². The third-order valence-electron chi connectivity index (χ3n) is 4.40. The summed E-state index contributed by atoms with van der Waals surface area (Å²) in [6, 6.07) is 0. The van der Waals surface area contributed by atoms with E-state index in [9.17, 15) is 19.2 Å². The second-order valence-corrected chi connectivity index (χ2v) is 8.63. The molecule has 8 nitrogen and oxygen atoms in total. The Hall–Kier alpha value is -1.68. The fourth-order valence-electron chi connectivity index (χ4n) is 2.57. The molecule has 1 aliphatic rings. The molecular weight excluding hydrogens is 418 g/mol. The number of carbonyl (C=O) groups excluding carboxylic acids is 4. The quantitative estimate of drug-likeness (QED) is 0.369. The molecule has 1 amide bonds. The van der Waals surface area contributed by atoms with Crippen molar-refractivity contribution in [2.75, 3.05) is 13.2 Å². The third kappa shape index (κ3) is 8.30. The Morgan fingerprint density at radius 1 is 1.14 bits per heavy atom. The maximum Gasteiger partial charge on any atom is 0.347 e. The van der Waals surface area contributed by atoms with E-state index in [1.165, 1.54) is 32.5 Å². The zero-order valence-corrected chi connectivity index (χ0v) is 19.1. The van der Waals surface area contributed by atoms with Gasteiger partial charge in [-0.05, 0) is 52.8 Å². The fraction of sp³-hybridized carbons (Fsp3) is 0.737. The number of hydrogen-bond acceptors (Lipinski definition) is 9. The molecule has 0 saturated carbocycles. The molecule has 0 aromatic heterocycles. The predicted octanol–water partition coefficient (Wildman–Crippen LogP) is 2.47. The SMILES string of the molecule is CCOC(=S)SC(CC(C)C(=O)OC(C)C(=O)OC(C)C(C)=O)N1CCCC1=O. The van der Waals surface area contributed by atoms with Crippen molar-refractivity contribution in [2.24, 2.45) is 5.92 Å². The van der Waals surface area contributed by atoms with Crippen LogP contribution in [-0.2, 0) is 33.4 Å². The van der Waals surface area contributed by atoms with E-state index in [4.69, 9.17) is 26.4 Å². The van der Waals surface area contributed by atoms with Crippen LogP contribution >= 0.6 is 24.0 Å². The molecule has 0 N–H and O–H groups in total. The largest absolute Gasteiger partial charge is 0.479 e. The van der Waals surface area contributed by atoms with Crippen LogP contribution in [0, 0.1) is 5.92 Å². The van der Waals surface area contributed by atoms with Gasteiger partial charge in [-0.25, -0.2) is 4.79 Å². The maximum absolute atomic E-state index is 12.4. The average Bonchev–Trinajstić information content (AvgIpc) is 3.06. The summed E-state index contributed by atoms with van der Waals surface area (Å²) in [5, 5.41) is -0.355. The molecule has 4 unspecified atom stereocenters. The number of carbonyl (C=O) groups is 4. The maximum atomic E-state index is 12.4. The highest BCUT2D eigenvalue weighted by Gasteiger charge is 2.33. The van der Waals surface area contributed by atoms with Crippen molar-refractivity contribution in [3.05, 3.63) is 0 Å². The van der Waals surface area contributed by atoms with Crippen LogP contribution in [-0.4, -0.2) is 63.6 Å². The Kier molecular flexibility index (Phi) is 10.6. The predicted molar refractivity (Wildman–Crippen MR) is 112 cm³/mol. The normalized spacial score (nSPS) is 17.8. The molecule has 1 rings (SSSR count). The Bertz CT molecular complexity index is 640. The van der Waals surface area contributed by atoms with Gasteiger partial charge in [0.2, 0.25) is 10.3 Å². The minimum Gasteiger partial charge on any atom is -0.479 e. The number of nitrogens with zero attached hydrogens (tertiary/aromatic N) is 1. The van der Waals surface area contributed by atoms with Crippen LogP contribution in [0.25, 0.3) is 0 Å². The second kappa shape index (κ2) is 12.1. The zero-order chi connectivity index (χ0) is 22.1. The molecule has 0 spiro atoms. The number of amides is 1. The second-order valence-electron chi connectivity index (χ2n) is 6.85. The summed E-state index contributed by atoms with van der Waals surface area (Å²) in [6.45, 7) is 8.64. The molecule has 0 aromatic carbocycles. The van der Waals surface area contributed by atoms with Crippen LogP contribution in [0.2, 0.25) is 0 Å². The number of Topliss-reactive ketones (excluding diaryl/α,β-unsaturated/α-hetero) is 1. The van der Waals surface area contributed by atoms with Gasteiger partial charge in [-0.2, -0.15) is 0 Å². The van der Waals surface area contributed by atoms with E-state index in [0.29, 0.717) is 30.4 Å². The minimum absolute atomic E-state index is 0.0116. The van der Waals surface area contributed by atoms with E-state index in [2.05, 4.69) is 0 Å². The Morgan fingerprint density at radius 2 is 1.76 bits per heavy atom. The highest BCUT2D eigenvalue weighted by atomic mass is 32.2. The third-order valence-corrected chi connectivity index (χ3v) is 5.84. The lowest BCUT2D eigenvalue weighted by Crippen LogP contribution is -2.38. The van der Waals surface area contributed by atoms with Crippen LogP contribution in [0.15, 0.2) is 0 Å². The molecule has 0 bridgehead atoms. The van der Waals surface area contributed by atoms with Gasteiger partial charge in [0.05, 0.1) is 17.9 Å². The Morgan fingerprint density at radius 3 is 2.28 bits per heavy atom. The van der Waals surface area contributed by atoms with Gasteiger partial charge in [-0.1, -0.05) is 18.7 Å². The average molecular weight is 448 g/mol. The molecule has 29 heavy (non-hydrogen) atoms. The molecule has 164 valence electrons. The zero-order valence-electron chi connectivity index (χ0n) is 17.5. The van der Waals surface area contributed by atoms with Crippen LogP contribution in [0.5, 0.6) is 0 Å². The lowest BCUT2D eigenvalue weighted by molar-refractivity contribution is -0.173. The smallest absolute Gasteiger partial charge is 0.347 e. The molecule has 0 radical (unpaired) electrons. The van der Waals surface area contributed by atoms with Crippen molar-refractivity contribution in [1.82, 2.24) is 4.90 Å². The minimum atomic E-state index is -1.14. The van der Waals surface area contributed by atoms with Gasteiger partial charge in [0.25, 0.3) is 0 Å². The first-order chi connectivity index (χ1) is 13.6. The van der Waals surface area contributed by atoms with Gasteiger partial charge in [0.1, 0.15) is 0 Å². The van der Waals surface area contributed by atoms with Gasteiger partial charge in [0.15, 0.2) is 18.0 Å². The number of thiocarbonyl (C=S) groups is 1. The number of ketones is 1. The molecule has 1 fully saturated rings. The van der Waals surface area contributed by atoms with Gasteiger partial charge in [-0.3, -0.25) is 14.4 Å². The Balaban J connectivity index is 2.69. The van der Waals surface area contributed by atoms with Gasteiger partial charge in [0, 0.05) is 13.0 Å². The van der Waals surface area contributed by atoms with Crippen LogP contribution in [0.1, 0.15) is 53.9 Å². The summed E-state index contributed by atoms with van der Waals surface area (Å²) in [5.41, 5.74) is 0. The van der Waals surface area contributed by atoms with Crippen molar-refractivity contribution >= 4 is 52.0 Å². The summed E-state index contributed by atoms with van der Waals surface area (Å²) in [7, 11) is 0. The molecular formula is C19H29NO7S2. The highest BCUT2D eigenvalue weighted by molar-refractivity contribution is 8.23. The highest BCUT2D eigenvalue weighted by Crippen LogP contribution is 2.29. The van der Waals surface area contributed by atoms with Crippen LogP contribution < -0.4 is 0 Å². The van der Waals surface area contributed by atoms with Crippen molar-refractivity contribution in [3.8, 4) is 0 Å². The van der Waals surface area contributed by atoms with Gasteiger partial charge < -0.3 is 19.1 Å². The number of likely N-dealkylation sites (tertiary alicyclic amines) is 1. The molecule has 10 heteroatoms. The number of rotatable bonds is 10. The van der Waals surface area contributed by atoms with E-state index >= 15 is 0 Å². The van der Waals surface area contributed by atoms with Gasteiger partial charge >= 0.3 is 11.9 Å². The number of hydrogen-bond donors (Lipinski definition) is 0. The lowest BCUT2D eigenvalue weighted by Gasteiger charge is -2.29. The van der Waals surface area contributed by atoms with Crippen molar-refractivity contribution in [1.29, 1.82) is 0 Å². The first kappa shape index (κ1) is 25.4. The number of thioether (sulfide) groups is 1.